The van der Waals surface area contributed by atoms with Gasteiger partial charge in [-0.25, -0.2) is 13.6 Å². The van der Waals surface area contributed by atoms with Crippen molar-refractivity contribution < 1.29 is 27.8 Å². The third-order valence-electron chi connectivity index (χ3n) is 3.33. The van der Waals surface area contributed by atoms with Crippen LogP contribution in [0.4, 0.5) is 8.78 Å². The van der Waals surface area contributed by atoms with Gasteiger partial charge in [0.2, 0.25) is 0 Å². The molecule has 0 radical (unpaired) electrons. The fourth-order valence-electron chi connectivity index (χ4n) is 2.16. The number of ether oxygens (including phenoxy) is 2. The van der Waals surface area contributed by atoms with Gasteiger partial charge in [-0.05, 0) is 30.3 Å². The van der Waals surface area contributed by atoms with Crippen LogP contribution in [0.5, 0.6) is 5.75 Å². The van der Waals surface area contributed by atoms with Crippen molar-refractivity contribution >= 4 is 11.9 Å². The SMILES string of the molecule is COC(=O)[C@@H](NC(=O)c1ccccc1OC)c1cc(F)ccc1F. The van der Waals surface area contributed by atoms with E-state index in [0.29, 0.717) is 0 Å². The summed E-state index contributed by atoms with van der Waals surface area (Å²) in [4.78, 5) is 24.3. The number of para-hydroxylation sites is 1. The van der Waals surface area contributed by atoms with Crippen LogP contribution in [0.2, 0.25) is 0 Å². The minimum atomic E-state index is -1.50. The Bertz CT molecular complexity index is 764. The molecule has 2 rings (SSSR count). The van der Waals surface area contributed by atoms with E-state index in [2.05, 4.69) is 10.1 Å². The highest BCUT2D eigenvalue weighted by Crippen LogP contribution is 2.22. The van der Waals surface area contributed by atoms with E-state index in [-0.39, 0.29) is 16.9 Å². The van der Waals surface area contributed by atoms with Gasteiger partial charge in [0.25, 0.3) is 5.91 Å². The number of carbonyl (C=O) groups is 2. The number of amides is 1. The van der Waals surface area contributed by atoms with E-state index in [1.165, 1.54) is 13.2 Å². The van der Waals surface area contributed by atoms with E-state index in [1.807, 2.05) is 0 Å². The quantitative estimate of drug-likeness (QED) is 0.853. The first kappa shape index (κ1) is 17.4. The molecule has 0 spiro atoms. The van der Waals surface area contributed by atoms with Crippen LogP contribution < -0.4 is 10.1 Å². The van der Waals surface area contributed by atoms with Crippen LogP contribution in [0.3, 0.4) is 0 Å². The molecule has 24 heavy (non-hydrogen) atoms. The van der Waals surface area contributed by atoms with Crippen LogP contribution in [-0.2, 0) is 9.53 Å². The molecule has 1 atom stereocenters. The molecule has 0 aliphatic carbocycles. The lowest BCUT2D eigenvalue weighted by Gasteiger charge is -2.18. The van der Waals surface area contributed by atoms with Crippen molar-refractivity contribution in [1.29, 1.82) is 0 Å². The van der Waals surface area contributed by atoms with Gasteiger partial charge in [-0.1, -0.05) is 12.1 Å². The number of nitrogens with one attached hydrogen (secondary N) is 1. The molecule has 0 aliphatic rings. The van der Waals surface area contributed by atoms with Crippen LogP contribution in [-0.4, -0.2) is 26.1 Å². The Morgan fingerprint density at radius 3 is 2.46 bits per heavy atom. The Kier molecular flexibility index (Phi) is 5.47. The van der Waals surface area contributed by atoms with E-state index in [0.717, 1.165) is 25.3 Å². The lowest BCUT2D eigenvalue weighted by molar-refractivity contribution is -0.143. The van der Waals surface area contributed by atoms with E-state index in [4.69, 9.17) is 4.74 Å². The summed E-state index contributed by atoms with van der Waals surface area (Å²) in [7, 11) is 2.47. The molecule has 0 saturated carbocycles. The lowest BCUT2D eigenvalue weighted by Crippen LogP contribution is -2.35. The number of halogens is 2. The molecule has 7 heteroatoms. The highest BCUT2D eigenvalue weighted by atomic mass is 19.1. The van der Waals surface area contributed by atoms with E-state index >= 15 is 0 Å². The second-order valence-electron chi connectivity index (χ2n) is 4.80. The molecule has 126 valence electrons. The summed E-state index contributed by atoms with van der Waals surface area (Å²) in [6, 6.07) is 7.43. The van der Waals surface area contributed by atoms with Crippen LogP contribution in [0.15, 0.2) is 42.5 Å². The van der Waals surface area contributed by atoms with Gasteiger partial charge in [0.1, 0.15) is 17.4 Å². The molecule has 0 heterocycles. The molecule has 0 fully saturated rings. The Morgan fingerprint density at radius 2 is 1.79 bits per heavy atom. The zero-order valence-electron chi connectivity index (χ0n) is 13.0. The smallest absolute Gasteiger partial charge is 0.333 e. The van der Waals surface area contributed by atoms with Crippen LogP contribution in [0, 0.1) is 11.6 Å². The molecule has 5 nitrogen and oxygen atoms in total. The number of esters is 1. The molecule has 0 aromatic heterocycles. The number of rotatable bonds is 5. The summed E-state index contributed by atoms with van der Waals surface area (Å²) in [6.45, 7) is 0. The Balaban J connectivity index is 2.38. The van der Waals surface area contributed by atoms with Gasteiger partial charge >= 0.3 is 5.97 Å². The number of hydrogen-bond acceptors (Lipinski definition) is 4. The van der Waals surface area contributed by atoms with E-state index < -0.39 is 29.6 Å². The monoisotopic (exact) mass is 335 g/mol. The summed E-state index contributed by atoms with van der Waals surface area (Å²) >= 11 is 0. The van der Waals surface area contributed by atoms with Crippen molar-refractivity contribution in [2.75, 3.05) is 14.2 Å². The third kappa shape index (κ3) is 3.68. The summed E-state index contributed by atoms with van der Waals surface area (Å²) < 4.78 is 37.0. The van der Waals surface area contributed by atoms with Gasteiger partial charge in [-0.2, -0.15) is 0 Å². The summed E-state index contributed by atoms with van der Waals surface area (Å²) in [6.07, 6.45) is 0. The molecule has 2 aromatic carbocycles. The van der Waals surface area contributed by atoms with E-state index in [9.17, 15) is 18.4 Å². The fourth-order valence-corrected chi connectivity index (χ4v) is 2.16. The standard InChI is InChI=1S/C17H15F2NO4/c1-23-14-6-4-3-5-11(14)16(21)20-15(17(22)24-2)12-9-10(18)7-8-13(12)19/h3-9,15H,1-2H3,(H,20,21)/t15-/m0/s1. The van der Waals surface area contributed by atoms with Crippen molar-refractivity contribution in [3.8, 4) is 5.75 Å². The van der Waals surface area contributed by atoms with Crippen molar-refractivity contribution in [3.05, 3.63) is 65.2 Å². The summed E-state index contributed by atoms with van der Waals surface area (Å²) in [5.74, 6) is -2.92. The Hall–Kier alpha value is -2.96. The molecular weight excluding hydrogens is 320 g/mol. The van der Waals surface area contributed by atoms with Crippen molar-refractivity contribution in [2.24, 2.45) is 0 Å². The van der Waals surface area contributed by atoms with Gasteiger partial charge in [0.15, 0.2) is 6.04 Å². The summed E-state index contributed by atoms with van der Waals surface area (Å²) in [5.41, 5.74) is -0.184. The second kappa shape index (κ2) is 7.54. The van der Waals surface area contributed by atoms with Crippen molar-refractivity contribution in [2.45, 2.75) is 6.04 Å². The number of benzene rings is 2. The lowest BCUT2D eigenvalue weighted by atomic mass is 10.0. The number of carbonyl (C=O) groups excluding carboxylic acids is 2. The topological polar surface area (TPSA) is 64.6 Å². The average molecular weight is 335 g/mol. The van der Waals surface area contributed by atoms with Gasteiger partial charge in [-0.3, -0.25) is 4.79 Å². The number of methoxy groups -OCH3 is 2. The van der Waals surface area contributed by atoms with Gasteiger partial charge in [-0.15, -0.1) is 0 Å². The van der Waals surface area contributed by atoms with Crippen LogP contribution >= 0.6 is 0 Å². The maximum Gasteiger partial charge on any atom is 0.333 e. The minimum Gasteiger partial charge on any atom is -0.496 e. The van der Waals surface area contributed by atoms with Crippen LogP contribution in [0.1, 0.15) is 22.0 Å². The molecule has 0 unspecified atom stereocenters. The highest BCUT2D eigenvalue weighted by molar-refractivity contribution is 5.99. The van der Waals surface area contributed by atoms with E-state index in [1.54, 1.807) is 18.2 Å². The first-order valence-corrected chi connectivity index (χ1v) is 6.94. The minimum absolute atomic E-state index is 0.144. The zero-order valence-corrected chi connectivity index (χ0v) is 13.0. The Morgan fingerprint density at radius 1 is 1.08 bits per heavy atom. The predicted molar refractivity (Wildman–Crippen MR) is 81.6 cm³/mol. The molecule has 2 aromatic rings. The second-order valence-corrected chi connectivity index (χ2v) is 4.80. The molecule has 0 saturated heterocycles. The summed E-state index contributed by atoms with van der Waals surface area (Å²) in [5, 5.41) is 2.34. The van der Waals surface area contributed by atoms with Crippen molar-refractivity contribution in [1.82, 2.24) is 5.32 Å². The molecule has 1 amide bonds. The predicted octanol–water partition coefficient (Wildman–Crippen LogP) is 2.62. The Labute approximate surface area is 137 Å². The van der Waals surface area contributed by atoms with Gasteiger partial charge in [0, 0.05) is 5.56 Å². The number of hydrogen-bond donors (Lipinski definition) is 1. The first-order chi connectivity index (χ1) is 11.5. The van der Waals surface area contributed by atoms with Crippen LogP contribution in [0.25, 0.3) is 0 Å². The largest absolute Gasteiger partial charge is 0.496 e. The maximum absolute atomic E-state index is 14.0. The highest BCUT2D eigenvalue weighted by Gasteiger charge is 2.28. The average Bonchev–Trinajstić information content (AvgIpc) is 2.61. The molecule has 1 N–H and O–H groups in total. The van der Waals surface area contributed by atoms with Gasteiger partial charge < -0.3 is 14.8 Å². The maximum atomic E-state index is 14.0. The molecule has 0 bridgehead atoms. The molecule has 0 aliphatic heterocycles. The fraction of sp³-hybridized carbons (Fsp3) is 0.176. The normalized spacial score (nSPS) is 11.5. The first-order valence-electron chi connectivity index (χ1n) is 6.94. The van der Waals surface area contributed by atoms with Gasteiger partial charge in [0.05, 0.1) is 19.8 Å². The molecular formula is C17H15F2NO4. The zero-order chi connectivity index (χ0) is 17.7. The third-order valence-corrected chi connectivity index (χ3v) is 3.33. The van der Waals surface area contributed by atoms with Crippen molar-refractivity contribution in [3.63, 3.8) is 0 Å².